The van der Waals surface area contributed by atoms with Crippen molar-refractivity contribution in [2.45, 2.75) is 50.5 Å². The Morgan fingerprint density at radius 3 is 2.50 bits per heavy atom. The number of sulfone groups is 1. The van der Waals surface area contributed by atoms with Crippen LogP contribution in [0.1, 0.15) is 45.7 Å². The van der Waals surface area contributed by atoms with Crippen molar-refractivity contribution < 1.29 is 17.9 Å². The lowest BCUT2D eigenvalue weighted by Gasteiger charge is -2.39. The van der Waals surface area contributed by atoms with Gasteiger partial charge in [0.15, 0.2) is 9.84 Å². The summed E-state index contributed by atoms with van der Waals surface area (Å²) in [5, 5.41) is 2.85. The molecule has 0 saturated carbocycles. The average molecular weight is 377 g/mol. The Balaban J connectivity index is 0.00000288. The lowest BCUT2D eigenvalue weighted by molar-refractivity contribution is -0.124. The molecule has 0 aliphatic carbocycles. The lowest BCUT2D eigenvalue weighted by Crippen LogP contribution is -2.50. The van der Waals surface area contributed by atoms with Crippen molar-refractivity contribution in [3.05, 3.63) is 23.8 Å². The van der Waals surface area contributed by atoms with E-state index in [0.29, 0.717) is 17.9 Å². The van der Waals surface area contributed by atoms with Gasteiger partial charge in [-0.15, -0.1) is 12.4 Å². The second-order valence-electron chi connectivity index (χ2n) is 7.17. The van der Waals surface area contributed by atoms with E-state index in [4.69, 9.17) is 10.5 Å². The van der Waals surface area contributed by atoms with Gasteiger partial charge >= 0.3 is 0 Å². The summed E-state index contributed by atoms with van der Waals surface area (Å²) in [7, 11) is -3.53. The van der Waals surface area contributed by atoms with Crippen molar-refractivity contribution in [1.29, 1.82) is 0 Å². The molecule has 8 heteroatoms. The van der Waals surface area contributed by atoms with E-state index in [1.807, 2.05) is 13.8 Å². The molecule has 0 spiro atoms. The molecule has 1 unspecified atom stereocenters. The molecular weight excluding hydrogens is 352 g/mol. The molecule has 24 heavy (non-hydrogen) atoms. The van der Waals surface area contributed by atoms with Gasteiger partial charge in [0.2, 0.25) is 5.91 Å². The van der Waals surface area contributed by atoms with Crippen LogP contribution in [0, 0.1) is 0 Å². The van der Waals surface area contributed by atoms with E-state index in [2.05, 4.69) is 5.32 Å². The molecule has 6 nitrogen and oxygen atoms in total. The number of rotatable bonds is 3. The maximum absolute atomic E-state index is 12.5. The van der Waals surface area contributed by atoms with Crippen LogP contribution in [0.2, 0.25) is 0 Å². The maximum atomic E-state index is 12.5. The Morgan fingerprint density at radius 1 is 1.38 bits per heavy atom. The minimum absolute atomic E-state index is 0. The highest BCUT2D eigenvalue weighted by Gasteiger charge is 2.42. The van der Waals surface area contributed by atoms with Crippen LogP contribution < -0.4 is 15.8 Å². The van der Waals surface area contributed by atoms with Gasteiger partial charge in [0.05, 0.1) is 6.04 Å². The zero-order valence-electron chi connectivity index (χ0n) is 14.5. The first kappa shape index (κ1) is 20.6. The molecule has 0 bridgehead atoms. The fourth-order valence-electron chi connectivity index (χ4n) is 2.50. The number of nitrogens with one attached hydrogen (secondary N) is 1. The standard InChI is InChI=1S/C16H24N2O4S.ClH/c1-15(2)9-12(11-8-10(17)6-7-13(11)22-15)18-14(19)16(3,4)23(5,20)21;/h6-8,12H,9,17H2,1-5H3,(H,18,19);1H. The normalized spacial score (nSPS) is 19.5. The van der Waals surface area contributed by atoms with Gasteiger partial charge in [0, 0.05) is 23.9 Å². The summed E-state index contributed by atoms with van der Waals surface area (Å²) < 4.78 is 28.1. The number of hydrogen-bond donors (Lipinski definition) is 2. The minimum Gasteiger partial charge on any atom is -0.487 e. The second-order valence-corrected chi connectivity index (χ2v) is 9.74. The van der Waals surface area contributed by atoms with Gasteiger partial charge in [0.25, 0.3) is 0 Å². The number of carbonyl (C=O) groups is 1. The highest BCUT2D eigenvalue weighted by atomic mass is 35.5. The van der Waals surface area contributed by atoms with Crippen molar-refractivity contribution in [2.24, 2.45) is 0 Å². The molecule has 3 N–H and O–H groups in total. The van der Waals surface area contributed by atoms with Crippen molar-refractivity contribution in [3.63, 3.8) is 0 Å². The number of ether oxygens (including phenoxy) is 1. The lowest BCUT2D eigenvalue weighted by atomic mass is 9.89. The Bertz CT molecular complexity index is 744. The Kier molecular flexibility index (Phi) is 5.52. The van der Waals surface area contributed by atoms with Gasteiger partial charge in [-0.1, -0.05) is 0 Å². The van der Waals surface area contributed by atoms with Crippen LogP contribution in [0.25, 0.3) is 0 Å². The average Bonchev–Trinajstić information content (AvgIpc) is 2.37. The van der Waals surface area contributed by atoms with E-state index < -0.39 is 26.1 Å². The molecule has 0 fully saturated rings. The van der Waals surface area contributed by atoms with E-state index in [1.54, 1.807) is 18.2 Å². The van der Waals surface area contributed by atoms with Crippen molar-refractivity contribution in [1.82, 2.24) is 5.32 Å². The van der Waals surface area contributed by atoms with Gasteiger partial charge in [-0.2, -0.15) is 0 Å². The second kappa shape index (κ2) is 6.44. The highest BCUT2D eigenvalue weighted by Crippen LogP contribution is 2.40. The van der Waals surface area contributed by atoms with Crippen LogP contribution in [0.5, 0.6) is 5.75 Å². The third kappa shape index (κ3) is 3.95. The molecular formula is C16H25ClN2O4S. The predicted molar refractivity (Wildman–Crippen MR) is 97.2 cm³/mol. The first-order valence-electron chi connectivity index (χ1n) is 7.42. The minimum atomic E-state index is -3.53. The fourth-order valence-corrected chi connectivity index (χ4v) is 2.90. The third-order valence-corrected chi connectivity index (χ3v) is 6.31. The summed E-state index contributed by atoms with van der Waals surface area (Å²) in [5.74, 6) is 0.119. The highest BCUT2D eigenvalue weighted by molar-refractivity contribution is 7.92. The number of anilines is 1. The number of carbonyl (C=O) groups excluding carboxylic acids is 1. The quantitative estimate of drug-likeness (QED) is 0.788. The molecule has 1 aromatic carbocycles. The fraction of sp³-hybridized carbons (Fsp3) is 0.562. The van der Waals surface area contributed by atoms with Gasteiger partial charge in [-0.3, -0.25) is 4.79 Å². The van der Waals surface area contributed by atoms with Gasteiger partial charge < -0.3 is 15.8 Å². The molecule has 0 radical (unpaired) electrons. The van der Waals surface area contributed by atoms with E-state index >= 15 is 0 Å². The predicted octanol–water partition coefficient (Wildman–Crippen LogP) is 2.23. The summed E-state index contributed by atoms with van der Waals surface area (Å²) >= 11 is 0. The van der Waals surface area contributed by atoms with Crippen molar-refractivity contribution in [2.75, 3.05) is 12.0 Å². The molecule has 2 rings (SSSR count). The van der Waals surface area contributed by atoms with Crippen LogP contribution in [0.3, 0.4) is 0 Å². The number of benzene rings is 1. The third-order valence-electron chi connectivity index (χ3n) is 4.27. The maximum Gasteiger partial charge on any atom is 0.241 e. The van der Waals surface area contributed by atoms with Crippen molar-refractivity contribution in [3.8, 4) is 5.75 Å². The summed E-state index contributed by atoms with van der Waals surface area (Å²) in [5.41, 5.74) is 6.69. The summed E-state index contributed by atoms with van der Waals surface area (Å²) in [6, 6.07) is 4.90. The molecule has 1 aliphatic heterocycles. The molecule has 1 atom stereocenters. The Hall–Kier alpha value is -1.47. The van der Waals surface area contributed by atoms with Crippen LogP contribution in [-0.2, 0) is 14.6 Å². The topological polar surface area (TPSA) is 98.5 Å². The number of halogens is 1. The van der Waals surface area contributed by atoms with Crippen LogP contribution in [0.15, 0.2) is 18.2 Å². The number of hydrogen-bond acceptors (Lipinski definition) is 5. The summed E-state index contributed by atoms with van der Waals surface area (Å²) in [6.45, 7) is 6.66. The van der Waals surface area contributed by atoms with E-state index in [1.165, 1.54) is 13.8 Å². The number of nitrogens with two attached hydrogens (primary N) is 1. The van der Waals surface area contributed by atoms with Crippen LogP contribution in [-0.4, -0.2) is 30.9 Å². The zero-order chi connectivity index (χ0) is 17.6. The molecule has 1 aliphatic rings. The zero-order valence-corrected chi connectivity index (χ0v) is 16.2. The number of fused-ring (bicyclic) bond motifs is 1. The first-order valence-corrected chi connectivity index (χ1v) is 9.32. The van der Waals surface area contributed by atoms with Crippen molar-refractivity contribution >= 4 is 33.8 Å². The molecule has 0 saturated heterocycles. The van der Waals surface area contributed by atoms with E-state index in [-0.39, 0.29) is 18.4 Å². The molecule has 0 aromatic heterocycles. The Labute approximate surface area is 149 Å². The summed E-state index contributed by atoms with van der Waals surface area (Å²) in [4.78, 5) is 12.5. The SMILES string of the molecule is CC1(C)CC(NC(=O)C(C)(C)S(C)(=O)=O)c2cc(N)ccc2O1.Cl. The largest absolute Gasteiger partial charge is 0.487 e. The van der Waals surface area contributed by atoms with Gasteiger partial charge in [0.1, 0.15) is 16.1 Å². The van der Waals surface area contributed by atoms with Crippen LogP contribution in [0.4, 0.5) is 5.69 Å². The van der Waals surface area contributed by atoms with E-state index in [9.17, 15) is 13.2 Å². The monoisotopic (exact) mass is 376 g/mol. The smallest absolute Gasteiger partial charge is 0.241 e. The van der Waals surface area contributed by atoms with Crippen LogP contribution >= 0.6 is 12.4 Å². The number of nitrogen functional groups attached to an aromatic ring is 1. The van der Waals surface area contributed by atoms with E-state index in [0.717, 1.165) is 11.8 Å². The van der Waals surface area contributed by atoms with Gasteiger partial charge in [-0.05, 0) is 45.9 Å². The molecule has 136 valence electrons. The summed E-state index contributed by atoms with van der Waals surface area (Å²) in [6.07, 6.45) is 1.58. The molecule has 1 heterocycles. The molecule has 1 aromatic rings. The first-order chi connectivity index (χ1) is 10.3. The Morgan fingerprint density at radius 2 is 1.96 bits per heavy atom. The molecule has 1 amide bonds. The van der Waals surface area contributed by atoms with Gasteiger partial charge in [-0.25, -0.2) is 8.42 Å². The number of amides is 1.